The van der Waals surface area contributed by atoms with E-state index in [1.54, 1.807) is 36.4 Å². The SMILES string of the molecule is O=C(Nc1ccccc1)c1ccccc1NC(=O)[C@@H]1CCCC[C@H]1C(=O)O. The molecule has 0 saturated heterocycles. The number of anilines is 2. The lowest BCUT2D eigenvalue weighted by molar-refractivity contribution is -0.147. The van der Waals surface area contributed by atoms with E-state index in [0.29, 0.717) is 29.8 Å². The predicted octanol–water partition coefficient (Wildman–Crippen LogP) is 3.77. The first-order valence-electron chi connectivity index (χ1n) is 9.05. The molecule has 0 aliphatic heterocycles. The summed E-state index contributed by atoms with van der Waals surface area (Å²) >= 11 is 0. The van der Waals surface area contributed by atoms with Crippen LogP contribution >= 0.6 is 0 Å². The van der Waals surface area contributed by atoms with E-state index in [4.69, 9.17) is 0 Å². The molecule has 0 unspecified atom stereocenters. The molecule has 0 spiro atoms. The normalized spacial score (nSPS) is 19.1. The van der Waals surface area contributed by atoms with Crippen molar-refractivity contribution in [2.45, 2.75) is 25.7 Å². The van der Waals surface area contributed by atoms with Crippen LogP contribution in [0.2, 0.25) is 0 Å². The maximum Gasteiger partial charge on any atom is 0.307 e. The van der Waals surface area contributed by atoms with Crippen molar-refractivity contribution >= 4 is 29.2 Å². The van der Waals surface area contributed by atoms with Gasteiger partial charge in [-0.25, -0.2) is 0 Å². The Labute approximate surface area is 157 Å². The van der Waals surface area contributed by atoms with Crippen LogP contribution in [0.1, 0.15) is 36.0 Å². The van der Waals surface area contributed by atoms with Crippen LogP contribution in [0.25, 0.3) is 0 Å². The maximum absolute atomic E-state index is 12.7. The highest BCUT2D eigenvalue weighted by Crippen LogP contribution is 2.31. The molecule has 2 aromatic carbocycles. The molecule has 6 heteroatoms. The number of carboxylic acid groups (broad SMARTS) is 1. The van der Waals surface area contributed by atoms with Crippen molar-refractivity contribution < 1.29 is 19.5 Å². The van der Waals surface area contributed by atoms with Crippen molar-refractivity contribution in [1.29, 1.82) is 0 Å². The fraction of sp³-hybridized carbons (Fsp3) is 0.286. The summed E-state index contributed by atoms with van der Waals surface area (Å²) in [6.07, 6.45) is 2.69. The number of carbonyl (C=O) groups excluding carboxylic acids is 2. The highest BCUT2D eigenvalue weighted by molar-refractivity contribution is 6.10. The largest absolute Gasteiger partial charge is 0.481 e. The zero-order chi connectivity index (χ0) is 19.2. The van der Waals surface area contributed by atoms with Gasteiger partial charge in [-0.1, -0.05) is 43.2 Å². The van der Waals surface area contributed by atoms with E-state index >= 15 is 0 Å². The van der Waals surface area contributed by atoms with Gasteiger partial charge in [-0.2, -0.15) is 0 Å². The molecule has 6 nitrogen and oxygen atoms in total. The third-order valence-corrected chi connectivity index (χ3v) is 4.88. The van der Waals surface area contributed by atoms with Crippen LogP contribution in [0, 0.1) is 11.8 Å². The van der Waals surface area contributed by atoms with Crippen molar-refractivity contribution in [1.82, 2.24) is 0 Å². The maximum atomic E-state index is 12.7. The molecule has 0 heterocycles. The molecule has 140 valence electrons. The molecule has 2 atom stereocenters. The highest BCUT2D eigenvalue weighted by atomic mass is 16.4. The van der Waals surface area contributed by atoms with E-state index in [-0.39, 0.29) is 11.8 Å². The summed E-state index contributed by atoms with van der Waals surface area (Å²) in [6.45, 7) is 0. The topological polar surface area (TPSA) is 95.5 Å². The Bertz CT molecular complexity index is 835. The van der Waals surface area contributed by atoms with Crippen molar-refractivity contribution in [2.75, 3.05) is 10.6 Å². The summed E-state index contributed by atoms with van der Waals surface area (Å²) in [5.41, 5.74) is 1.37. The minimum absolute atomic E-state index is 0.331. The lowest BCUT2D eigenvalue weighted by Crippen LogP contribution is -2.36. The van der Waals surface area contributed by atoms with Crippen molar-refractivity contribution in [3.05, 3.63) is 60.2 Å². The third kappa shape index (κ3) is 4.53. The molecule has 2 amide bonds. The van der Waals surface area contributed by atoms with Gasteiger partial charge in [0, 0.05) is 5.69 Å². The molecule has 1 aliphatic carbocycles. The lowest BCUT2D eigenvalue weighted by Gasteiger charge is -2.27. The lowest BCUT2D eigenvalue weighted by atomic mass is 9.78. The summed E-state index contributed by atoms with van der Waals surface area (Å²) in [7, 11) is 0. The first-order valence-corrected chi connectivity index (χ1v) is 9.05. The molecular weight excluding hydrogens is 344 g/mol. The van der Waals surface area contributed by atoms with Gasteiger partial charge in [-0.05, 0) is 37.1 Å². The second-order valence-corrected chi connectivity index (χ2v) is 6.69. The molecule has 2 aromatic rings. The van der Waals surface area contributed by atoms with Crippen LogP contribution in [0.15, 0.2) is 54.6 Å². The van der Waals surface area contributed by atoms with Crippen LogP contribution in [-0.4, -0.2) is 22.9 Å². The number of carboxylic acids is 1. The minimum atomic E-state index is -0.940. The average molecular weight is 366 g/mol. The Morgan fingerprint density at radius 1 is 0.815 bits per heavy atom. The van der Waals surface area contributed by atoms with Gasteiger partial charge in [0.25, 0.3) is 5.91 Å². The van der Waals surface area contributed by atoms with Crippen LogP contribution in [-0.2, 0) is 9.59 Å². The summed E-state index contributed by atoms with van der Waals surface area (Å²) < 4.78 is 0. The Balaban J connectivity index is 1.76. The molecule has 1 fully saturated rings. The van der Waals surface area contributed by atoms with Crippen molar-refractivity contribution in [3.63, 3.8) is 0 Å². The van der Waals surface area contributed by atoms with Gasteiger partial charge < -0.3 is 15.7 Å². The van der Waals surface area contributed by atoms with E-state index in [1.807, 2.05) is 18.2 Å². The third-order valence-electron chi connectivity index (χ3n) is 4.88. The molecule has 3 N–H and O–H groups in total. The zero-order valence-electron chi connectivity index (χ0n) is 14.9. The van der Waals surface area contributed by atoms with E-state index in [2.05, 4.69) is 10.6 Å². The number of benzene rings is 2. The number of nitrogens with one attached hydrogen (secondary N) is 2. The summed E-state index contributed by atoms with van der Waals surface area (Å²) in [6, 6.07) is 15.8. The van der Waals surface area contributed by atoms with Crippen LogP contribution in [0.5, 0.6) is 0 Å². The second kappa shape index (κ2) is 8.49. The Kier molecular flexibility index (Phi) is 5.86. The molecule has 0 radical (unpaired) electrons. The zero-order valence-corrected chi connectivity index (χ0v) is 14.9. The standard InChI is InChI=1S/C21H22N2O4/c24-19(15-10-4-5-11-16(15)21(26)27)23-18-13-7-6-12-17(18)20(25)22-14-8-2-1-3-9-14/h1-3,6-9,12-13,15-16H,4-5,10-11H2,(H,22,25)(H,23,24)(H,26,27)/t15-,16-/m1/s1. The van der Waals surface area contributed by atoms with E-state index in [0.717, 1.165) is 12.8 Å². The number of para-hydroxylation sites is 2. The van der Waals surface area contributed by atoms with Gasteiger partial charge in [0.15, 0.2) is 0 Å². The number of carbonyl (C=O) groups is 3. The molecule has 0 bridgehead atoms. The Morgan fingerprint density at radius 2 is 1.44 bits per heavy atom. The first kappa shape index (κ1) is 18.6. The minimum Gasteiger partial charge on any atom is -0.481 e. The molecule has 3 rings (SSSR count). The van der Waals surface area contributed by atoms with E-state index < -0.39 is 17.8 Å². The quantitative estimate of drug-likeness (QED) is 0.751. The van der Waals surface area contributed by atoms with Gasteiger partial charge >= 0.3 is 5.97 Å². The average Bonchev–Trinajstić information content (AvgIpc) is 2.69. The van der Waals surface area contributed by atoms with Gasteiger partial charge in [0.05, 0.1) is 23.1 Å². The molecule has 0 aromatic heterocycles. The molecule has 27 heavy (non-hydrogen) atoms. The summed E-state index contributed by atoms with van der Waals surface area (Å²) in [4.78, 5) is 36.8. The number of hydrogen-bond donors (Lipinski definition) is 3. The van der Waals surface area contributed by atoms with Crippen LogP contribution < -0.4 is 10.6 Å². The Morgan fingerprint density at radius 3 is 2.15 bits per heavy atom. The fourth-order valence-electron chi connectivity index (χ4n) is 3.48. The highest BCUT2D eigenvalue weighted by Gasteiger charge is 2.36. The molecule has 1 saturated carbocycles. The van der Waals surface area contributed by atoms with Gasteiger partial charge in [0.2, 0.25) is 5.91 Å². The summed E-state index contributed by atoms with van der Waals surface area (Å²) in [5.74, 6) is -2.88. The van der Waals surface area contributed by atoms with Gasteiger partial charge in [0.1, 0.15) is 0 Å². The number of aliphatic carboxylic acids is 1. The predicted molar refractivity (Wildman–Crippen MR) is 103 cm³/mol. The van der Waals surface area contributed by atoms with E-state index in [1.165, 1.54) is 0 Å². The van der Waals surface area contributed by atoms with E-state index in [9.17, 15) is 19.5 Å². The number of rotatable bonds is 5. The number of amides is 2. The van der Waals surface area contributed by atoms with Crippen LogP contribution in [0.4, 0.5) is 11.4 Å². The molecular formula is C21H22N2O4. The summed E-state index contributed by atoms with van der Waals surface area (Å²) in [5, 5.41) is 14.9. The smallest absolute Gasteiger partial charge is 0.307 e. The monoisotopic (exact) mass is 366 g/mol. The van der Waals surface area contributed by atoms with Crippen LogP contribution in [0.3, 0.4) is 0 Å². The van der Waals surface area contributed by atoms with Gasteiger partial charge in [-0.3, -0.25) is 14.4 Å². The Hall–Kier alpha value is -3.15. The second-order valence-electron chi connectivity index (χ2n) is 6.69. The van der Waals surface area contributed by atoms with Crippen molar-refractivity contribution in [2.24, 2.45) is 11.8 Å². The fourth-order valence-corrected chi connectivity index (χ4v) is 3.48. The number of hydrogen-bond acceptors (Lipinski definition) is 3. The van der Waals surface area contributed by atoms with Gasteiger partial charge in [-0.15, -0.1) is 0 Å². The molecule has 1 aliphatic rings. The van der Waals surface area contributed by atoms with Crippen molar-refractivity contribution in [3.8, 4) is 0 Å². The first-order chi connectivity index (χ1) is 13.1.